The average Bonchev–Trinajstić information content (AvgIpc) is 3.02. The van der Waals surface area contributed by atoms with Crippen molar-refractivity contribution >= 4 is 35.1 Å². The van der Waals surface area contributed by atoms with Crippen LogP contribution in [0.15, 0.2) is 84.9 Å². The van der Waals surface area contributed by atoms with Crippen LogP contribution in [0.1, 0.15) is 43.6 Å². The van der Waals surface area contributed by atoms with Crippen LogP contribution in [-0.4, -0.2) is 87.7 Å². The molecule has 2 amide bonds. The molecule has 0 aliphatic heterocycles. The number of aliphatic hydroxyl groups excluding tert-OH is 1. The van der Waals surface area contributed by atoms with Crippen LogP contribution in [-0.2, 0) is 14.4 Å². The summed E-state index contributed by atoms with van der Waals surface area (Å²) in [4.78, 5) is 50.7. The summed E-state index contributed by atoms with van der Waals surface area (Å²) in [5.41, 5.74) is 2.43. The molecular weight excluding hydrogens is 564 g/mol. The molecule has 11 nitrogen and oxygen atoms in total. The number of aliphatic hydroxyl groups is 1. The number of carboxylic acid groups (broad SMARTS) is 2. The first-order valence-electron chi connectivity index (χ1n) is 14.0. The number of benzene rings is 3. The summed E-state index contributed by atoms with van der Waals surface area (Å²) < 4.78 is 0. The Morgan fingerprint density at radius 3 is 1.55 bits per heavy atom. The summed E-state index contributed by atoms with van der Waals surface area (Å²) in [6, 6.07) is 27.5. The molecular formula is C33H40N4O7. The minimum absolute atomic E-state index is 0.0656. The second kappa shape index (κ2) is 20.0. The Kier molecular flexibility index (Phi) is 16.8. The topological polar surface area (TPSA) is 162 Å². The largest absolute Gasteiger partial charge is 0.473 e. The maximum atomic E-state index is 13.6. The smallest absolute Gasteiger partial charge is 0.414 e. The first-order chi connectivity index (χ1) is 20.9. The molecule has 0 radical (unpaired) electrons. The quantitative estimate of drug-likeness (QED) is 0.287. The Hall–Kier alpha value is -5.05. The number of nitrogens with zero attached hydrogens (tertiary/aromatic N) is 4. The number of carboxylic acids is 2. The van der Waals surface area contributed by atoms with Crippen molar-refractivity contribution in [3.05, 3.63) is 96.1 Å². The van der Waals surface area contributed by atoms with Crippen molar-refractivity contribution in [2.75, 3.05) is 37.6 Å². The molecule has 234 valence electrons. The van der Waals surface area contributed by atoms with Gasteiger partial charge in [-0.05, 0) is 75.5 Å². The normalized spacial score (nSPS) is 9.95. The second-order valence-corrected chi connectivity index (χ2v) is 9.55. The first kappa shape index (κ1) is 37.0. The minimum atomic E-state index is -1.82. The highest BCUT2D eigenvalue weighted by atomic mass is 16.4. The van der Waals surface area contributed by atoms with Crippen molar-refractivity contribution in [3.63, 3.8) is 0 Å². The summed E-state index contributed by atoms with van der Waals surface area (Å²) in [7, 11) is 0. The van der Waals surface area contributed by atoms with Crippen molar-refractivity contribution < 1.29 is 34.5 Å². The van der Waals surface area contributed by atoms with E-state index in [1.807, 2.05) is 60.7 Å². The molecule has 0 heterocycles. The minimum Gasteiger partial charge on any atom is -0.473 e. The fraction of sp³-hybridized carbons (Fsp3) is 0.303. The molecule has 0 unspecified atom stereocenters. The third kappa shape index (κ3) is 13.3. The molecule has 3 rings (SSSR count). The van der Waals surface area contributed by atoms with Gasteiger partial charge in [-0.15, -0.1) is 0 Å². The zero-order valence-electron chi connectivity index (χ0n) is 25.5. The molecule has 44 heavy (non-hydrogen) atoms. The van der Waals surface area contributed by atoms with Crippen molar-refractivity contribution in [1.82, 2.24) is 9.80 Å². The SMILES string of the molecule is CC(C)O.CCN(CC)CCN(CC(=O)N(c1ccccc1)c1ccccc1)C(=O)c1ccc(C#N)cc1.O=C(O)C(=O)O. The number of hydrogen-bond acceptors (Lipinski definition) is 7. The number of aliphatic carboxylic acids is 2. The molecule has 0 saturated carbocycles. The lowest BCUT2D eigenvalue weighted by molar-refractivity contribution is -0.159. The molecule has 0 spiro atoms. The van der Waals surface area contributed by atoms with Crippen LogP contribution in [0.25, 0.3) is 0 Å². The third-order valence-electron chi connectivity index (χ3n) is 5.92. The number of amides is 2. The van der Waals surface area contributed by atoms with Gasteiger partial charge in [0.05, 0.1) is 11.6 Å². The molecule has 0 aromatic heterocycles. The maximum Gasteiger partial charge on any atom is 0.414 e. The average molecular weight is 605 g/mol. The lowest BCUT2D eigenvalue weighted by atomic mass is 10.1. The van der Waals surface area contributed by atoms with Crippen LogP contribution in [0.2, 0.25) is 0 Å². The second-order valence-electron chi connectivity index (χ2n) is 9.55. The van der Waals surface area contributed by atoms with E-state index in [0.29, 0.717) is 24.2 Å². The number of likely N-dealkylation sites (N-methyl/N-ethyl adjacent to an activating group) is 1. The van der Waals surface area contributed by atoms with Crippen molar-refractivity contribution in [2.24, 2.45) is 0 Å². The summed E-state index contributed by atoms with van der Waals surface area (Å²) in [5.74, 6) is -4.07. The Morgan fingerprint density at radius 2 is 1.18 bits per heavy atom. The highest BCUT2D eigenvalue weighted by Gasteiger charge is 2.24. The Bertz CT molecular complexity index is 1300. The maximum absolute atomic E-state index is 13.6. The van der Waals surface area contributed by atoms with E-state index in [9.17, 15) is 9.59 Å². The van der Waals surface area contributed by atoms with Gasteiger partial charge in [0.25, 0.3) is 11.8 Å². The number of carbonyl (C=O) groups excluding carboxylic acids is 2. The molecule has 3 aromatic rings. The van der Waals surface area contributed by atoms with Crippen LogP contribution in [0.3, 0.4) is 0 Å². The van der Waals surface area contributed by atoms with Crippen molar-refractivity contribution in [3.8, 4) is 6.07 Å². The molecule has 3 aromatic carbocycles. The van der Waals surface area contributed by atoms with E-state index in [1.54, 1.807) is 47.9 Å². The summed E-state index contributed by atoms with van der Waals surface area (Å²) >= 11 is 0. The van der Waals surface area contributed by atoms with Crippen LogP contribution >= 0.6 is 0 Å². The predicted octanol–water partition coefficient (Wildman–Crippen LogP) is 4.25. The fourth-order valence-corrected chi connectivity index (χ4v) is 3.75. The van der Waals surface area contributed by atoms with Crippen molar-refractivity contribution in [1.29, 1.82) is 5.26 Å². The van der Waals surface area contributed by atoms with Gasteiger partial charge in [0, 0.05) is 36.1 Å². The number of carbonyl (C=O) groups is 4. The number of nitriles is 1. The lowest BCUT2D eigenvalue weighted by Gasteiger charge is -2.29. The Balaban J connectivity index is 0.000000837. The van der Waals surface area contributed by atoms with E-state index in [2.05, 4.69) is 24.8 Å². The van der Waals surface area contributed by atoms with E-state index in [4.69, 9.17) is 30.2 Å². The number of hydrogen-bond donors (Lipinski definition) is 3. The zero-order valence-corrected chi connectivity index (χ0v) is 25.5. The van der Waals surface area contributed by atoms with E-state index in [-0.39, 0.29) is 24.5 Å². The van der Waals surface area contributed by atoms with Crippen LogP contribution < -0.4 is 4.90 Å². The standard InChI is InChI=1S/C28H30N4O2.C3H8O.C2H2O4/c1-3-30(4-2)19-20-31(28(34)24-17-15-23(21-29)16-18-24)22-27(33)32(25-11-7-5-8-12-25)26-13-9-6-10-14-26;1-3(2)4;3-1(4)2(5)6/h5-18H,3-4,19-20,22H2,1-2H3;3-4H,1-2H3;(H,3,4)(H,5,6). The van der Waals surface area contributed by atoms with Gasteiger partial charge in [0.1, 0.15) is 6.54 Å². The summed E-state index contributed by atoms with van der Waals surface area (Å²) in [6.45, 7) is 10.3. The highest BCUT2D eigenvalue weighted by molar-refractivity contribution is 6.27. The third-order valence-corrected chi connectivity index (χ3v) is 5.92. The van der Waals surface area contributed by atoms with Gasteiger partial charge in [-0.3, -0.25) is 14.5 Å². The van der Waals surface area contributed by atoms with E-state index >= 15 is 0 Å². The Labute approximate surface area is 258 Å². The number of para-hydroxylation sites is 2. The fourth-order valence-electron chi connectivity index (χ4n) is 3.75. The number of anilines is 2. The summed E-state index contributed by atoms with van der Waals surface area (Å²) in [5, 5.41) is 31.9. The van der Waals surface area contributed by atoms with E-state index in [1.165, 1.54) is 0 Å². The lowest BCUT2D eigenvalue weighted by Crippen LogP contribution is -2.44. The van der Waals surface area contributed by atoms with Gasteiger partial charge in [-0.25, -0.2) is 9.59 Å². The monoisotopic (exact) mass is 604 g/mol. The molecule has 3 N–H and O–H groups in total. The molecule has 11 heteroatoms. The van der Waals surface area contributed by atoms with Gasteiger partial charge in [-0.1, -0.05) is 50.2 Å². The van der Waals surface area contributed by atoms with E-state index in [0.717, 1.165) is 24.5 Å². The van der Waals surface area contributed by atoms with Gasteiger partial charge < -0.3 is 25.1 Å². The first-order valence-corrected chi connectivity index (χ1v) is 14.0. The number of rotatable bonds is 10. The van der Waals surface area contributed by atoms with Gasteiger partial charge in [-0.2, -0.15) is 5.26 Å². The van der Waals surface area contributed by atoms with Crippen LogP contribution in [0.4, 0.5) is 11.4 Å². The van der Waals surface area contributed by atoms with E-state index < -0.39 is 11.9 Å². The van der Waals surface area contributed by atoms with Crippen molar-refractivity contribution in [2.45, 2.75) is 33.8 Å². The van der Waals surface area contributed by atoms with Gasteiger partial charge in [0.2, 0.25) is 0 Å². The predicted molar refractivity (Wildman–Crippen MR) is 168 cm³/mol. The Morgan fingerprint density at radius 1 is 0.750 bits per heavy atom. The summed E-state index contributed by atoms with van der Waals surface area (Å²) in [6.07, 6.45) is -0.167. The van der Waals surface area contributed by atoms with Crippen LogP contribution in [0, 0.1) is 11.3 Å². The molecule has 0 aliphatic rings. The molecule has 0 aliphatic carbocycles. The van der Waals surface area contributed by atoms with Crippen LogP contribution in [0.5, 0.6) is 0 Å². The molecule has 0 fully saturated rings. The molecule has 0 atom stereocenters. The highest BCUT2D eigenvalue weighted by Crippen LogP contribution is 2.25. The molecule has 0 bridgehead atoms. The van der Waals surface area contributed by atoms with Gasteiger partial charge >= 0.3 is 11.9 Å². The van der Waals surface area contributed by atoms with Gasteiger partial charge in [0.15, 0.2) is 0 Å². The zero-order chi connectivity index (χ0) is 33.1. The molecule has 0 saturated heterocycles.